The molecule has 4 aromatic carbocycles. The van der Waals surface area contributed by atoms with Gasteiger partial charge in [0.05, 0.1) is 14.2 Å². The summed E-state index contributed by atoms with van der Waals surface area (Å²) in [5.41, 5.74) is 7.71. The molecule has 0 amide bonds. The first kappa shape index (κ1) is 22.2. The Hall–Kier alpha value is -3.00. The molecule has 0 radical (unpaired) electrons. The number of benzene rings is 4. The Morgan fingerprint density at radius 3 is 1.25 bits per heavy atom. The second kappa shape index (κ2) is 8.50. The van der Waals surface area contributed by atoms with Crippen LogP contribution in [-0.2, 0) is 0 Å². The maximum atomic E-state index is 5.68. The summed E-state index contributed by atoms with van der Waals surface area (Å²) >= 11 is 0. The molecule has 0 saturated heterocycles. The van der Waals surface area contributed by atoms with Gasteiger partial charge in [0.1, 0.15) is 11.5 Å². The van der Waals surface area contributed by atoms with E-state index in [4.69, 9.17) is 9.47 Å². The van der Waals surface area contributed by atoms with Crippen molar-refractivity contribution in [3.05, 3.63) is 70.8 Å². The highest BCUT2D eigenvalue weighted by Crippen LogP contribution is 2.41. The lowest BCUT2D eigenvalue weighted by Gasteiger charge is -2.19. The van der Waals surface area contributed by atoms with E-state index in [0.717, 1.165) is 11.5 Å². The second-order valence-corrected chi connectivity index (χ2v) is 9.45. The topological polar surface area (TPSA) is 18.5 Å². The summed E-state index contributed by atoms with van der Waals surface area (Å²) < 4.78 is 11.4. The molecular formula is C30H34O2. The molecule has 0 saturated carbocycles. The summed E-state index contributed by atoms with van der Waals surface area (Å²) in [6.45, 7) is 13.4. The van der Waals surface area contributed by atoms with Gasteiger partial charge in [-0.3, -0.25) is 0 Å². The maximum Gasteiger partial charge on any atom is 0.122 e. The quantitative estimate of drug-likeness (QED) is 0.318. The van der Waals surface area contributed by atoms with Crippen LogP contribution in [0, 0.1) is 13.8 Å². The van der Waals surface area contributed by atoms with Gasteiger partial charge in [0.2, 0.25) is 0 Å². The van der Waals surface area contributed by atoms with Crippen LogP contribution in [0.1, 0.15) is 61.8 Å². The number of methoxy groups -OCH3 is 2. The molecule has 0 aliphatic heterocycles. The fourth-order valence-corrected chi connectivity index (χ4v) is 5.09. The van der Waals surface area contributed by atoms with Gasteiger partial charge in [0, 0.05) is 11.1 Å². The summed E-state index contributed by atoms with van der Waals surface area (Å²) in [7, 11) is 3.51. The van der Waals surface area contributed by atoms with E-state index in [9.17, 15) is 0 Å². The van der Waals surface area contributed by atoms with E-state index in [0.29, 0.717) is 11.8 Å². The van der Waals surface area contributed by atoms with E-state index in [-0.39, 0.29) is 0 Å². The van der Waals surface area contributed by atoms with Crippen molar-refractivity contribution in [1.29, 1.82) is 0 Å². The third-order valence-corrected chi connectivity index (χ3v) is 6.62. The van der Waals surface area contributed by atoms with Gasteiger partial charge in [-0.2, -0.15) is 0 Å². The van der Waals surface area contributed by atoms with Crippen LogP contribution >= 0.6 is 0 Å². The predicted octanol–water partition coefficient (Wildman–Crippen LogP) is 8.54. The number of fused-ring (bicyclic) bond motifs is 2. The Bertz CT molecular complexity index is 1210. The fourth-order valence-electron chi connectivity index (χ4n) is 5.09. The number of aryl methyl sites for hydroxylation is 2. The summed E-state index contributed by atoms with van der Waals surface area (Å²) in [6, 6.07) is 17.9. The van der Waals surface area contributed by atoms with E-state index >= 15 is 0 Å². The van der Waals surface area contributed by atoms with Crippen molar-refractivity contribution in [2.75, 3.05) is 14.2 Å². The van der Waals surface area contributed by atoms with Crippen molar-refractivity contribution in [3.63, 3.8) is 0 Å². The minimum atomic E-state index is 0.394. The Labute approximate surface area is 192 Å². The first-order valence-corrected chi connectivity index (χ1v) is 11.5. The van der Waals surface area contributed by atoms with Gasteiger partial charge < -0.3 is 9.47 Å². The van der Waals surface area contributed by atoms with Gasteiger partial charge in [0.15, 0.2) is 0 Å². The summed E-state index contributed by atoms with van der Waals surface area (Å²) in [5.74, 6) is 2.73. The van der Waals surface area contributed by atoms with Gasteiger partial charge in [0.25, 0.3) is 0 Å². The number of rotatable bonds is 5. The van der Waals surface area contributed by atoms with Crippen LogP contribution in [0.25, 0.3) is 32.7 Å². The SMILES string of the molecule is COc1ccc2cc(-c3cc4ccc(OC)c(C(C)C)c4cc3C)c(C)cc2c1C(C)C. The zero-order valence-corrected chi connectivity index (χ0v) is 20.6. The van der Waals surface area contributed by atoms with E-state index in [2.05, 4.69) is 90.1 Å². The zero-order valence-electron chi connectivity index (χ0n) is 20.6. The molecule has 0 spiro atoms. The molecule has 0 N–H and O–H groups in total. The average Bonchev–Trinajstić information content (AvgIpc) is 2.76. The molecule has 0 atom stereocenters. The lowest BCUT2D eigenvalue weighted by molar-refractivity contribution is 0.408. The highest BCUT2D eigenvalue weighted by atomic mass is 16.5. The molecular weight excluding hydrogens is 392 g/mol. The van der Waals surface area contributed by atoms with Crippen molar-refractivity contribution in [1.82, 2.24) is 0 Å². The number of ether oxygens (including phenoxy) is 2. The van der Waals surface area contributed by atoms with Crippen LogP contribution < -0.4 is 9.47 Å². The molecule has 0 aliphatic carbocycles. The zero-order chi connectivity index (χ0) is 23.2. The number of hydrogen-bond acceptors (Lipinski definition) is 2. The van der Waals surface area contributed by atoms with E-state index in [1.54, 1.807) is 14.2 Å². The predicted molar refractivity (Wildman–Crippen MR) is 138 cm³/mol. The van der Waals surface area contributed by atoms with Crippen LogP contribution in [0.3, 0.4) is 0 Å². The first-order valence-electron chi connectivity index (χ1n) is 11.5. The molecule has 32 heavy (non-hydrogen) atoms. The van der Waals surface area contributed by atoms with Crippen LogP contribution in [0.15, 0.2) is 48.5 Å². The first-order chi connectivity index (χ1) is 15.3. The van der Waals surface area contributed by atoms with E-state index in [1.165, 1.54) is 54.9 Å². The molecule has 0 heterocycles. The molecule has 4 aromatic rings. The molecule has 4 rings (SSSR count). The van der Waals surface area contributed by atoms with Gasteiger partial charge in [-0.15, -0.1) is 0 Å². The smallest absolute Gasteiger partial charge is 0.122 e. The third-order valence-electron chi connectivity index (χ3n) is 6.62. The minimum absolute atomic E-state index is 0.394. The highest BCUT2D eigenvalue weighted by Gasteiger charge is 2.17. The van der Waals surface area contributed by atoms with Crippen LogP contribution in [-0.4, -0.2) is 14.2 Å². The minimum Gasteiger partial charge on any atom is -0.496 e. The summed E-state index contributed by atoms with van der Waals surface area (Å²) in [6.07, 6.45) is 0. The largest absolute Gasteiger partial charge is 0.496 e. The molecule has 2 nitrogen and oxygen atoms in total. The van der Waals surface area contributed by atoms with Crippen molar-refractivity contribution in [2.24, 2.45) is 0 Å². The molecule has 0 aliphatic rings. The standard InChI is InChI=1S/C30H34O2/c1-17(2)29-25-13-19(5)23(15-21(25)9-11-27(29)31-7)24-16-22-10-12-28(32-8)30(18(3)4)26(22)14-20(24)6/h9-18H,1-8H3. The maximum absolute atomic E-state index is 5.68. The van der Waals surface area contributed by atoms with Gasteiger partial charge in [-0.1, -0.05) is 52.0 Å². The normalized spacial score (nSPS) is 11.7. The molecule has 0 fully saturated rings. The molecule has 0 aromatic heterocycles. The van der Waals surface area contributed by atoms with E-state index < -0.39 is 0 Å². The van der Waals surface area contributed by atoms with Crippen LogP contribution in [0.2, 0.25) is 0 Å². The summed E-state index contributed by atoms with van der Waals surface area (Å²) in [5, 5.41) is 5.08. The Morgan fingerprint density at radius 1 is 0.562 bits per heavy atom. The molecule has 0 unspecified atom stereocenters. The Balaban J connectivity index is 1.97. The molecule has 2 heteroatoms. The van der Waals surface area contributed by atoms with Crippen LogP contribution in [0.4, 0.5) is 0 Å². The van der Waals surface area contributed by atoms with Crippen molar-refractivity contribution in [3.8, 4) is 22.6 Å². The monoisotopic (exact) mass is 426 g/mol. The van der Waals surface area contributed by atoms with Crippen LogP contribution in [0.5, 0.6) is 11.5 Å². The number of hydrogen-bond donors (Lipinski definition) is 0. The molecule has 166 valence electrons. The Morgan fingerprint density at radius 2 is 0.938 bits per heavy atom. The molecule has 0 bridgehead atoms. The van der Waals surface area contributed by atoms with Crippen molar-refractivity contribution < 1.29 is 9.47 Å². The Kier molecular flexibility index (Phi) is 5.90. The van der Waals surface area contributed by atoms with E-state index in [1.807, 2.05) is 0 Å². The average molecular weight is 427 g/mol. The van der Waals surface area contributed by atoms with Crippen molar-refractivity contribution >= 4 is 21.5 Å². The van der Waals surface area contributed by atoms with Crippen molar-refractivity contribution in [2.45, 2.75) is 53.4 Å². The fraction of sp³-hybridized carbons (Fsp3) is 0.333. The van der Waals surface area contributed by atoms with Gasteiger partial charge in [-0.25, -0.2) is 0 Å². The summed E-state index contributed by atoms with van der Waals surface area (Å²) in [4.78, 5) is 0. The lowest BCUT2D eigenvalue weighted by atomic mass is 9.87. The second-order valence-electron chi connectivity index (χ2n) is 9.45. The lowest BCUT2D eigenvalue weighted by Crippen LogP contribution is -1.98. The van der Waals surface area contributed by atoms with Gasteiger partial charge >= 0.3 is 0 Å². The third kappa shape index (κ3) is 3.62. The highest BCUT2D eigenvalue weighted by molar-refractivity contribution is 5.97. The van der Waals surface area contributed by atoms with Gasteiger partial charge in [-0.05, 0) is 93.7 Å².